The van der Waals surface area contributed by atoms with Gasteiger partial charge in [0.05, 0.1) is 30.8 Å². The first-order chi connectivity index (χ1) is 20.3. The van der Waals surface area contributed by atoms with Crippen LogP contribution in [0.3, 0.4) is 0 Å². The van der Waals surface area contributed by atoms with Crippen LogP contribution in [-0.4, -0.2) is 40.2 Å². The van der Waals surface area contributed by atoms with Gasteiger partial charge in [0.15, 0.2) is 0 Å². The average molecular weight is 567 g/mol. The van der Waals surface area contributed by atoms with Gasteiger partial charge in [-0.1, -0.05) is 30.3 Å². The van der Waals surface area contributed by atoms with Crippen molar-refractivity contribution in [2.45, 2.75) is 40.4 Å². The molecule has 3 aromatic carbocycles. The molecule has 1 amide bonds. The quantitative estimate of drug-likeness (QED) is 0.207. The van der Waals surface area contributed by atoms with Gasteiger partial charge in [0.25, 0.3) is 5.91 Å². The molecule has 2 N–H and O–H groups in total. The Morgan fingerprint density at radius 3 is 2.00 bits per heavy atom. The molecule has 1 aliphatic rings. The molecule has 0 fully saturated rings. The predicted molar refractivity (Wildman–Crippen MR) is 163 cm³/mol. The van der Waals surface area contributed by atoms with Crippen molar-refractivity contribution in [2.75, 3.05) is 23.8 Å². The van der Waals surface area contributed by atoms with Crippen LogP contribution in [0.5, 0.6) is 0 Å². The SMILES string of the molecule is CCOC(=O)Cn1ccc2ccc(N)cc21.CCOC(=O)Cn1ccc2ccc(N3Cc4cccc(C)c4C3=O)cc21. The molecule has 3 heterocycles. The number of anilines is 2. The second-order valence-corrected chi connectivity index (χ2v) is 10.1. The fourth-order valence-corrected chi connectivity index (χ4v) is 5.26. The van der Waals surface area contributed by atoms with E-state index in [1.807, 2.05) is 95.2 Å². The van der Waals surface area contributed by atoms with Crippen molar-refractivity contribution in [3.63, 3.8) is 0 Å². The van der Waals surface area contributed by atoms with Gasteiger partial charge < -0.3 is 29.2 Å². The number of aromatic nitrogens is 2. The van der Waals surface area contributed by atoms with Gasteiger partial charge in [0, 0.05) is 29.3 Å². The van der Waals surface area contributed by atoms with E-state index in [0.717, 1.165) is 44.2 Å². The Morgan fingerprint density at radius 2 is 1.40 bits per heavy atom. The van der Waals surface area contributed by atoms with Crippen molar-refractivity contribution in [1.29, 1.82) is 0 Å². The Morgan fingerprint density at radius 1 is 0.810 bits per heavy atom. The fraction of sp³-hybridized carbons (Fsp3) is 0.242. The lowest BCUT2D eigenvalue weighted by atomic mass is 10.0. The van der Waals surface area contributed by atoms with Gasteiger partial charge in [0.2, 0.25) is 0 Å². The number of ether oxygens (including phenoxy) is 2. The van der Waals surface area contributed by atoms with Gasteiger partial charge in [-0.25, -0.2) is 0 Å². The number of aryl methyl sites for hydroxylation is 1. The van der Waals surface area contributed by atoms with Crippen molar-refractivity contribution < 1.29 is 23.9 Å². The van der Waals surface area contributed by atoms with Gasteiger partial charge in [-0.15, -0.1) is 0 Å². The summed E-state index contributed by atoms with van der Waals surface area (Å²) in [6, 6.07) is 21.4. The van der Waals surface area contributed by atoms with Gasteiger partial charge in [0.1, 0.15) is 13.1 Å². The molecule has 42 heavy (non-hydrogen) atoms. The summed E-state index contributed by atoms with van der Waals surface area (Å²) in [5.41, 5.74) is 12.0. The molecule has 0 saturated carbocycles. The van der Waals surface area contributed by atoms with E-state index in [1.54, 1.807) is 18.7 Å². The second-order valence-electron chi connectivity index (χ2n) is 10.1. The van der Waals surface area contributed by atoms with E-state index in [9.17, 15) is 14.4 Å². The zero-order chi connectivity index (χ0) is 29.8. The zero-order valence-electron chi connectivity index (χ0n) is 24.0. The van der Waals surface area contributed by atoms with Gasteiger partial charge in [-0.2, -0.15) is 0 Å². The molecule has 6 rings (SSSR count). The third-order valence-electron chi connectivity index (χ3n) is 7.22. The molecule has 0 spiro atoms. The van der Waals surface area contributed by atoms with Crippen LogP contribution in [0.2, 0.25) is 0 Å². The van der Waals surface area contributed by atoms with Crippen molar-refractivity contribution in [3.8, 4) is 0 Å². The highest BCUT2D eigenvalue weighted by Crippen LogP contribution is 2.32. The average Bonchev–Trinajstić information content (AvgIpc) is 3.65. The number of nitrogen functional groups attached to an aromatic ring is 1. The minimum absolute atomic E-state index is 0.0287. The van der Waals surface area contributed by atoms with Crippen LogP contribution < -0.4 is 10.6 Å². The Bertz CT molecular complexity index is 1780. The Hall–Kier alpha value is -5.05. The molecule has 0 atom stereocenters. The molecule has 5 aromatic rings. The Kier molecular flexibility index (Phi) is 8.28. The molecular weight excluding hydrogens is 532 g/mol. The number of hydrogen-bond donors (Lipinski definition) is 1. The lowest BCUT2D eigenvalue weighted by Gasteiger charge is -2.16. The van der Waals surface area contributed by atoms with Crippen molar-refractivity contribution in [1.82, 2.24) is 9.13 Å². The molecule has 216 valence electrons. The highest BCUT2D eigenvalue weighted by Gasteiger charge is 2.30. The number of esters is 2. The third kappa shape index (κ3) is 5.85. The summed E-state index contributed by atoms with van der Waals surface area (Å²) < 4.78 is 13.6. The highest BCUT2D eigenvalue weighted by molar-refractivity contribution is 6.11. The van der Waals surface area contributed by atoms with Gasteiger partial charge in [-0.3, -0.25) is 14.4 Å². The number of nitrogens with zero attached hydrogens (tertiary/aromatic N) is 3. The van der Waals surface area contributed by atoms with E-state index >= 15 is 0 Å². The smallest absolute Gasteiger partial charge is 0.325 e. The van der Waals surface area contributed by atoms with E-state index in [-0.39, 0.29) is 30.9 Å². The molecule has 1 aliphatic heterocycles. The molecule has 9 heteroatoms. The summed E-state index contributed by atoms with van der Waals surface area (Å²) in [5.74, 6) is -0.473. The number of carbonyl (C=O) groups excluding carboxylic acids is 3. The van der Waals surface area contributed by atoms with Crippen LogP contribution in [0.25, 0.3) is 21.8 Å². The first-order valence-corrected chi connectivity index (χ1v) is 13.9. The summed E-state index contributed by atoms with van der Waals surface area (Å²) in [6.45, 7) is 7.28. The molecule has 0 aliphatic carbocycles. The van der Waals surface area contributed by atoms with Gasteiger partial charge in [-0.05, 0) is 79.1 Å². The monoisotopic (exact) mass is 566 g/mol. The number of amides is 1. The third-order valence-corrected chi connectivity index (χ3v) is 7.22. The van der Waals surface area contributed by atoms with E-state index < -0.39 is 0 Å². The van der Waals surface area contributed by atoms with Crippen LogP contribution in [-0.2, 0) is 38.7 Å². The maximum atomic E-state index is 12.9. The summed E-state index contributed by atoms with van der Waals surface area (Å²) in [6.07, 6.45) is 3.73. The minimum Gasteiger partial charge on any atom is -0.465 e. The maximum Gasteiger partial charge on any atom is 0.325 e. The summed E-state index contributed by atoms with van der Waals surface area (Å²) >= 11 is 0. The van der Waals surface area contributed by atoms with E-state index in [0.29, 0.717) is 25.4 Å². The van der Waals surface area contributed by atoms with Crippen molar-refractivity contribution in [2.24, 2.45) is 0 Å². The number of nitrogens with two attached hydrogens (primary N) is 1. The lowest BCUT2D eigenvalue weighted by Crippen LogP contribution is -2.23. The lowest BCUT2D eigenvalue weighted by molar-refractivity contribution is -0.144. The molecule has 0 radical (unpaired) electrons. The Labute approximate surface area is 244 Å². The topological polar surface area (TPSA) is 109 Å². The summed E-state index contributed by atoms with van der Waals surface area (Å²) in [4.78, 5) is 37.9. The first kappa shape index (κ1) is 28.5. The van der Waals surface area contributed by atoms with E-state index in [1.165, 1.54) is 0 Å². The molecule has 0 bridgehead atoms. The number of benzene rings is 3. The normalized spacial score (nSPS) is 12.3. The Balaban J connectivity index is 0.000000189. The second kappa shape index (κ2) is 12.2. The molecule has 0 unspecified atom stereocenters. The number of fused-ring (bicyclic) bond motifs is 3. The standard InChI is InChI=1S/C21H20N2O3.C12H14N2O2/c1-3-26-19(24)13-22-10-9-15-7-8-17(11-18(15)22)23-12-16-6-4-5-14(2)20(16)21(23)25;1-2-16-12(15)8-14-6-5-9-3-4-10(13)7-11(9)14/h4-11H,3,12-13H2,1-2H3;3-7H,2,8,13H2,1H3. The maximum absolute atomic E-state index is 12.9. The van der Waals surface area contributed by atoms with Crippen LogP contribution in [0.4, 0.5) is 11.4 Å². The van der Waals surface area contributed by atoms with E-state index in [4.69, 9.17) is 15.2 Å². The first-order valence-electron chi connectivity index (χ1n) is 13.9. The largest absolute Gasteiger partial charge is 0.465 e. The van der Waals surface area contributed by atoms with Crippen LogP contribution >= 0.6 is 0 Å². The van der Waals surface area contributed by atoms with Crippen LogP contribution in [0.15, 0.2) is 79.1 Å². The predicted octanol–water partition coefficient (Wildman–Crippen LogP) is 5.46. The number of hydrogen-bond acceptors (Lipinski definition) is 6. The minimum atomic E-state index is -0.268. The van der Waals surface area contributed by atoms with Crippen molar-refractivity contribution >= 4 is 51.0 Å². The summed E-state index contributed by atoms with van der Waals surface area (Å²) in [5, 5.41) is 2.09. The number of carbonyl (C=O) groups is 3. The molecule has 0 saturated heterocycles. The van der Waals surface area contributed by atoms with E-state index in [2.05, 4.69) is 0 Å². The molecule has 2 aromatic heterocycles. The van der Waals surface area contributed by atoms with Crippen LogP contribution in [0, 0.1) is 6.92 Å². The molecular formula is C33H34N4O5. The zero-order valence-corrected chi connectivity index (χ0v) is 24.0. The van der Waals surface area contributed by atoms with Gasteiger partial charge >= 0.3 is 11.9 Å². The summed E-state index contributed by atoms with van der Waals surface area (Å²) in [7, 11) is 0. The number of rotatable bonds is 7. The fourth-order valence-electron chi connectivity index (χ4n) is 5.26. The van der Waals surface area contributed by atoms with Crippen molar-refractivity contribution in [3.05, 3.63) is 95.8 Å². The molecule has 9 nitrogen and oxygen atoms in total. The van der Waals surface area contributed by atoms with Crippen LogP contribution in [0.1, 0.15) is 35.3 Å². The highest BCUT2D eigenvalue weighted by atomic mass is 16.5.